The van der Waals surface area contributed by atoms with Crippen LogP contribution in [0.5, 0.6) is 0 Å². The third kappa shape index (κ3) is 4.98. The number of hydrogen-bond donors (Lipinski definition) is 3. The van der Waals surface area contributed by atoms with Gasteiger partial charge in [-0.25, -0.2) is 13.6 Å². The number of carbonyl (C=O) groups excluding carboxylic acids is 1. The summed E-state index contributed by atoms with van der Waals surface area (Å²) >= 11 is 0. The van der Waals surface area contributed by atoms with Crippen LogP contribution in [0.25, 0.3) is 0 Å². The lowest BCUT2D eigenvalue weighted by atomic mass is 10.0. The molecule has 106 valence electrons. The van der Waals surface area contributed by atoms with Crippen molar-refractivity contribution in [1.29, 1.82) is 0 Å². The number of carbonyl (C=O) groups is 1. The van der Waals surface area contributed by atoms with Crippen LogP contribution >= 0.6 is 0 Å². The van der Waals surface area contributed by atoms with Crippen molar-refractivity contribution in [3.8, 4) is 0 Å². The molecular weight excluding hydrogens is 266 g/mol. The standard InChI is InChI=1S/C12H19N3O3S/c1-8-4-5-9(6-10(8)19(14,17)18)15-11(16)7-12(2,3)13/h4-6H,7,13H2,1-3H3,(H,15,16)(H2,14,17,18). The van der Waals surface area contributed by atoms with Crippen molar-refractivity contribution in [1.82, 2.24) is 0 Å². The fourth-order valence-corrected chi connectivity index (χ4v) is 2.41. The first-order chi connectivity index (χ1) is 8.49. The van der Waals surface area contributed by atoms with Crippen LogP contribution in [-0.4, -0.2) is 19.9 Å². The molecule has 0 spiro atoms. The van der Waals surface area contributed by atoms with E-state index in [1.165, 1.54) is 6.07 Å². The summed E-state index contributed by atoms with van der Waals surface area (Å²) in [5, 5.41) is 7.70. The number of rotatable bonds is 4. The van der Waals surface area contributed by atoms with Crippen molar-refractivity contribution in [2.75, 3.05) is 5.32 Å². The van der Waals surface area contributed by atoms with Gasteiger partial charge in [-0.15, -0.1) is 0 Å². The summed E-state index contributed by atoms with van der Waals surface area (Å²) in [5.41, 5.74) is 6.02. The lowest BCUT2D eigenvalue weighted by molar-refractivity contribution is -0.117. The Balaban J connectivity index is 2.96. The first kappa shape index (κ1) is 15.6. The normalized spacial score (nSPS) is 12.3. The zero-order chi connectivity index (χ0) is 14.8. The molecular formula is C12H19N3O3S. The molecule has 0 aliphatic heterocycles. The highest BCUT2D eigenvalue weighted by molar-refractivity contribution is 7.89. The third-order valence-corrected chi connectivity index (χ3v) is 3.45. The highest BCUT2D eigenvalue weighted by atomic mass is 32.2. The summed E-state index contributed by atoms with van der Waals surface area (Å²) in [4.78, 5) is 11.7. The largest absolute Gasteiger partial charge is 0.326 e. The van der Waals surface area contributed by atoms with E-state index in [2.05, 4.69) is 5.32 Å². The Morgan fingerprint density at radius 3 is 2.42 bits per heavy atom. The second-order valence-electron chi connectivity index (χ2n) is 5.24. The summed E-state index contributed by atoms with van der Waals surface area (Å²) < 4.78 is 22.7. The van der Waals surface area contributed by atoms with Crippen molar-refractivity contribution in [2.45, 2.75) is 37.6 Å². The van der Waals surface area contributed by atoms with E-state index in [1.54, 1.807) is 32.9 Å². The molecule has 0 aromatic heterocycles. The summed E-state index contributed by atoms with van der Waals surface area (Å²) in [6.45, 7) is 5.10. The number of benzene rings is 1. The molecule has 6 nitrogen and oxygen atoms in total. The molecule has 7 heteroatoms. The molecule has 1 rings (SSSR count). The summed E-state index contributed by atoms with van der Waals surface area (Å²) in [6.07, 6.45) is 0.131. The minimum Gasteiger partial charge on any atom is -0.326 e. The predicted molar refractivity (Wildman–Crippen MR) is 74.1 cm³/mol. The van der Waals surface area contributed by atoms with Crippen molar-refractivity contribution in [2.24, 2.45) is 10.9 Å². The number of primary sulfonamides is 1. The molecule has 1 amide bonds. The number of nitrogens with two attached hydrogens (primary N) is 2. The zero-order valence-electron chi connectivity index (χ0n) is 11.2. The average Bonchev–Trinajstić information content (AvgIpc) is 2.16. The van der Waals surface area contributed by atoms with Gasteiger partial charge in [0.15, 0.2) is 0 Å². The predicted octanol–water partition coefficient (Wildman–Crippen LogP) is 0.708. The fraction of sp³-hybridized carbons (Fsp3) is 0.417. The first-order valence-corrected chi connectivity index (χ1v) is 7.26. The zero-order valence-corrected chi connectivity index (χ0v) is 12.0. The fourth-order valence-electron chi connectivity index (χ4n) is 1.60. The molecule has 0 radical (unpaired) electrons. The van der Waals surface area contributed by atoms with E-state index in [-0.39, 0.29) is 17.2 Å². The van der Waals surface area contributed by atoms with Crippen LogP contribution in [0.2, 0.25) is 0 Å². The van der Waals surface area contributed by atoms with E-state index in [9.17, 15) is 13.2 Å². The number of amides is 1. The molecule has 19 heavy (non-hydrogen) atoms. The number of hydrogen-bond acceptors (Lipinski definition) is 4. The van der Waals surface area contributed by atoms with Crippen LogP contribution in [0.3, 0.4) is 0 Å². The molecule has 0 unspecified atom stereocenters. The van der Waals surface area contributed by atoms with Crippen LogP contribution < -0.4 is 16.2 Å². The van der Waals surface area contributed by atoms with Gasteiger partial charge >= 0.3 is 0 Å². The Morgan fingerprint density at radius 2 is 1.95 bits per heavy atom. The van der Waals surface area contributed by atoms with Crippen LogP contribution in [0.1, 0.15) is 25.8 Å². The Bertz CT molecular complexity index is 589. The van der Waals surface area contributed by atoms with Gasteiger partial charge in [0.1, 0.15) is 0 Å². The van der Waals surface area contributed by atoms with Gasteiger partial charge < -0.3 is 11.1 Å². The first-order valence-electron chi connectivity index (χ1n) is 5.71. The van der Waals surface area contributed by atoms with Gasteiger partial charge in [-0.05, 0) is 38.5 Å². The van der Waals surface area contributed by atoms with Gasteiger partial charge in [-0.1, -0.05) is 6.07 Å². The van der Waals surface area contributed by atoms with Crippen LogP contribution in [0, 0.1) is 6.92 Å². The Kier molecular flexibility index (Phi) is 4.34. The van der Waals surface area contributed by atoms with E-state index < -0.39 is 15.6 Å². The molecule has 0 saturated heterocycles. The summed E-state index contributed by atoms with van der Waals surface area (Å²) in [7, 11) is -3.80. The Hall–Kier alpha value is -1.44. The monoisotopic (exact) mass is 285 g/mol. The number of sulfonamides is 1. The smallest absolute Gasteiger partial charge is 0.238 e. The molecule has 1 aromatic carbocycles. The highest BCUT2D eigenvalue weighted by Crippen LogP contribution is 2.19. The summed E-state index contributed by atoms with van der Waals surface area (Å²) in [5.74, 6) is -0.281. The third-order valence-electron chi connectivity index (χ3n) is 2.39. The second kappa shape index (κ2) is 5.28. The SMILES string of the molecule is Cc1ccc(NC(=O)CC(C)(C)N)cc1S(N)(=O)=O. The molecule has 1 aromatic rings. The molecule has 0 bridgehead atoms. The molecule has 5 N–H and O–H groups in total. The van der Waals surface area contributed by atoms with Crippen molar-refractivity contribution in [3.05, 3.63) is 23.8 Å². The van der Waals surface area contributed by atoms with Crippen molar-refractivity contribution < 1.29 is 13.2 Å². The van der Waals surface area contributed by atoms with Crippen molar-refractivity contribution in [3.63, 3.8) is 0 Å². The quantitative estimate of drug-likeness (QED) is 0.755. The van der Waals surface area contributed by atoms with Gasteiger partial charge in [-0.2, -0.15) is 0 Å². The van der Waals surface area contributed by atoms with Gasteiger partial charge in [-0.3, -0.25) is 4.79 Å². The van der Waals surface area contributed by atoms with E-state index in [0.29, 0.717) is 11.3 Å². The van der Waals surface area contributed by atoms with Crippen LogP contribution in [0.15, 0.2) is 23.1 Å². The van der Waals surface area contributed by atoms with E-state index in [1.807, 2.05) is 0 Å². The summed E-state index contributed by atoms with van der Waals surface area (Å²) in [6, 6.07) is 4.54. The average molecular weight is 285 g/mol. The second-order valence-corrected chi connectivity index (χ2v) is 6.77. The van der Waals surface area contributed by atoms with Crippen LogP contribution in [0.4, 0.5) is 5.69 Å². The maximum absolute atomic E-state index is 11.7. The molecule has 0 aliphatic rings. The minimum atomic E-state index is -3.80. The number of aryl methyl sites for hydroxylation is 1. The minimum absolute atomic E-state index is 0.00249. The molecule has 0 atom stereocenters. The topological polar surface area (TPSA) is 115 Å². The van der Waals surface area contributed by atoms with Gasteiger partial charge in [0.25, 0.3) is 0 Å². The van der Waals surface area contributed by atoms with Gasteiger partial charge in [0.05, 0.1) is 4.90 Å². The van der Waals surface area contributed by atoms with Crippen LogP contribution in [-0.2, 0) is 14.8 Å². The molecule has 0 heterocycles. The lowest BCUT2D eigenvalue weighted by Crippen LogP contribution is -2.36. The van der Waals surface area contributed by atoms with Gasteiger partial charge in [0, 0.05) is 17.6 Å². The van der Waals surface area contributed by atoms with E-state index >= 15 is 0 Å². The highest BCUT2D eigenvalue weighted by Gasteiger charge is 2.17. The van der Waals surface area contributed by atoms with Crippen molar-refractivity contribution >= 4 is 21.6 Å². The lowest BCUT2D eigenvalue weighted by Gasteiger charge is -2.17. The van der Waals surface area contributed by atoms with Gasteiger partial charge in [0.2, 0.25) is 15.9 Å². The maximum Gasteiger partial charge on any atom is 0.238 e. The number of anilines is 1. The Labute approximate surface area is 113 Å². The number of nitrogens with one attached hydrogen (secondary N) is 1. The molecule has 0 aliphatic carbocycles. The van der Waals surface area contributed by atoms with E-state index in [0.717, 1.165) is 0 Å². The molecule has 0 fully saturated rings. The van der Waals surface area contributed by atoms with E-state index in [4.69, 9.17) is 10.9 Å². The molecule has 0 saturated carbocycles. The Morgan fingerprint density at radius 1 is 1.37 bits per heavy atom. The maximum atomic E-state index is 11.7.